The van der Waals surface area contributed by atoms with E-state index in [1.165, 1.54) is 28.5 Å². The van der Waals surface area contributed by atoms with Crippen LogP contribution < -0.4 is 5.32 Å². The molecule has 1 fully saturated rings. The molecule has 4 rings (SSSR count). The van der Waals surface area contributed by atoms with E-state index in [1.807, 2.05) is 24.3 Å². The van der Waals surface area contributed by atoms with Gasteiger partial charge in [0.05, 0.1) is 29.5 Å². The second kappa shape index (κ2) is 10.1. The van der Waals surface area contributed by atoms with Crippen molar-refractivity contribution in [3.63, 3.8) is 0 Å². The van der Waals surface area contributed by atoms with E-state index in [1.54, 1.807) is 0 Å². The molecule has 0 aliphatic carbocycles. The number of nitrogens with one attached hydrogen (secondary N) is 1. The van der Waals surface area contributed by atoms with Gasteiger partial charge in [-0.2, -0.15) is 0 Å². The summed E-state index contributed by atoms with van der Waals surface area (Å²) < 4.78 is 5.43. The average molecular weight is 422 g/mol. The summed E-state index contributed by atoms with van der Waals surface area (Å²) in [7, 11) is 0. The van der Waals surface area contributed by atoms with Crippen LogP contribution in [0.15, 0.2) is 59.6 Å². The molecule has 30 heavy (non-hydrogen) atoms. The largest absolute Gasteiger partial charge is 0.379 e. The summed E-state index contributed by atoms with van der Waals surface area (Å²) in [4.78, 5) is 19.5. The van der Waals surface area contributed by atoms with Crippen LogP contribution in [0, 0.1) is 6.92 Å². The molecule has 0 radical (unpaired) electrons. The third-order valence-electron chi connectivity index (χ3n) is 5.34. The zero-order valence-electron chi connectivity index (χ0n) is 17.3. The molecule has 5 nitrogen and oxygen atoms in total. The molecule has 0 saturated carbocycles. The molecule has 1 amide bonds. The first-order valence-electron chi connectivity index (χ1n) is 10.3. The standard InChI is InChI=1S/C24H27N3O2S/c1-18-14-24(26-22-9-5-4-8-21(18)22)30-17-23(28)25-15-19-6-2-3-7-20(19)16-27-10-12-29-13-11-27/h2-9,14H,10-13,15-17H2,1H3,(H,25,28). The number of thioether (sulfide) groups is 1. The minimum absolute atomic E-state index is 0.0220. The van der Waals surface area contributed by atoms with Gasteiger partial charge in [-0.25, -0.2) is 4.98 Å². The van der Waals surface area contributed by atoms with Gasteiger partial charge in [-0.1, -0.05) is 54.2 Å². The number of benzene rings is 2. The van der Waals surface area contributed by atoms with E-state index >= 15 is 0 Å². The molecule has 0 bridgehead atoms. The number of carbonyl (C=O) groups is 1. The number of fused-ring (bicyclic) bond motifs is 1. The van der Waals surface area contributed by atoms with E-state index in [9.17, 15) is 4.79 Å². The van der Waals surface area contributed by atoms with Crippen LogP contribution in [0.2, 0.25) is 0 Å². The number of para-hydroxylation sites is 1. The Labute approximate surface area is 181 Å². The van der Waals surface area contributed by atoms with E-state index in [0.29, 0.717) is 12.3 Å². The van der Waals surface area contributed by atoms with Gasteiger partial charge in [-0.05, 0) is 35.7 Å². The Hall–Kier alpha value is -2.41. The molecule has 1 aliphatic heterocycles. The summed E-state index contributed by atoms with van der Waals surface area (Å²) in [6.45, 7) is 7.01. The number of hydrogen-bond acceptors (Lipinski definition) is 5. The number of aryl methyl sites for hydroxylation is 1. The molecule has 2 heterocycles. The highest BCUT2D eigenvalue weighted by Crippen LogP contribution is 2.23. The van der Waals surface area contributed by atoms with Crippen molar-refractivity contribution in [3.8, 4) is 0 Å². The number of morpholine rings is 1. The molecule has 6 heteroatoms. The molecule has 1 aromatic heterocycles. The van der Waals surface area contributed by atoms with Crippen LogP contribution >= 0.6 is 11.8 Å². The Kier molecular flexibility index (Phi) is 7.00. The van der Waals surface area contributed by atoms with Crippen LogP contribution in [0.4, 0.5) is 0 Å². The van der Waals surface area contributed by atoms with Crippen molar-refractivity contribution >= 4 is 28.6 Å². The zero-order chi connectivity index (χ0) is 20.8. The first kappa shape index (κ1) is 20.8. The lowest BCUT2D eigenvalue weighted by molar-refractivity contribution is -0.118. The van der Waals surface area contributed by atoms with Crippen molar-refractivity contribution < 1.29 is 9.53 Å². The summed E-state index contributed by atoms with van der Waals surface area (Å²) in [6, 6.07) is 18.5. The summed E-state index contributed by atoms with van der Waals surface area (Å²) >= 11 is 1.48. The van der Waals surface area contributed by atoms with Crippen molar-refractivity contribution in [3.05, 3.63) is 71.3 Å². The number of rotatable bonds is 7. The second-order valence-electron chi connectivity index (χ2n) is 7.52. The quantitative estimate of drug-likeness (QED) is 0.589. The van der Waals surface area contributed by atoms with E-state index in [0.717, 1.165) is 48.8 Å². The summed E-state index contributed by atoms with van der Waals surface area (Å²) in [5.41, 5.74) is 4.58. The smallest absolute Gasteiger partial charge is 0.230 e. The predicted octanol–water partition coefficient (Wildman–Crippen LogP) is 3.78. The van der Waals surface area contributed by atoms with Gasteiger partial charge in [0.2, 0.25) is 5.91 Å². The highest BCUT2D eigenvalue weighted by atomic mass is 32.2. The molecular formula is C24H27N3O2S. The Morgan fingerprint density at radius 1 is 1.10 bits per heavy atom. The van der Waals surface area contributed by atoms with Crippen LogP contribution in [-0.2, 0) is 22.6 Å². The molecule has 156 valence electrons. The minimum Gasteiger partial charge on any atom is -0.379 e. The van der Waals surface area contributed by atoms with Crippen LogP contribution in [0.25, 0.3) is 10.9 Å². The van der Waals surface area contributed by atoms with Crippen molar-refractivity contribution in [1.82, 2.24) is 15.2 Å². The zero-order valence-corrected chi connectivity index (χ0v) is 18.1. The number of nitrogens with zero attached hydrogens (tertiary/aromatic N) is 2. The molecule has 0 atom stereocenters. The van der Waals surface area contributed by atoms with Gasteiger partial charge in [-0.3, -0.25) is 9.69 Å². The molecule has 3 aromatic rings. The monoisotopic (exact) mass is 421 g/mol. The van der Waals surface area contributed by atoms with E-state index < -0.39 is 0 Å². The van der Waals surface area contributed by atoms with Crippen molar-refractivity contribution in [2.45, 2.75) is 25.0 Å². The number of pyridine rings is 1. The first-order valence-corrected chi connectivity index (χ1v) is 11.3. The minimum atomic E-state index is 0.0220. The Morgan fingerprint density at radius 2 is 1.83 bits per heavy atom. The van der Waals surface area contributed by atoms with Gasteiger partial charge in [-0.15, -0.1) is 0 Å². The van der Waals surface area contributed by atoms with Crippen LogP contribution in [-0.4, -0.2) is 47.8 Å². The van der Waals surface area contributed by atoms with E-state index in [-0.39, 0.29) is 5.91 Å². The number of ether oxygens (including phenoxy) is 1. The maximum atomic E-state index is 12.5. The molecule has 2 aromatic carbocycles. The van der Waals surface area contributed by atoms with Crippen molar-refractivity contribution in [1.29, 1.82) is 0 Å². The number of amides is 1. The maximum Gasteiger partial charge on any atom is 0.230 e. The topological polar surface area (TPSA) is 54.5 Å². The van der Waals surface area contributed by atoms with Gasteiger partial charge in [0, 0.05) is 31.6 Å². The third-order valence-corrected chi connectivity index (χ3v) is 6.25. The van der Waals surface area contributed by atoms with Gasteiger partial charge in [0.15, 0.2) is 0 Å². The highest BCUT2D eigenvalue weighted by molar-refractivity contribution is 7.99. The number of carbonyl (C=O) groups excluding carboxylic acids is 1. The molecule has 1 aliphatic rings. The maximum absolute atomic E-state index is 12.5. The first-order chi connectivity index (χ1) is 14.7. The number of hydrogen-bond donors (Lipinski definition) is 1. The fourth-order valence-corrected chi connectivity index (χ4v) is 4.47. The van der Waals surface area contributed by atoms with Crippen molar-refractivity contribution in [2.24, 2.45) is 0 Å². The van der Waals surface area contributed by atoms with E-state index in [2.05, 4.69) is 52.5 Å². The van der Waals surface area contributed by atoms with E-state index in [4.69, 9.17) is 4.74 Å². The van der Waals surface area contributed by atoms with Crippen molar-refractivity contribution in [2.75, 3.05) is 32.1 Å². The fourth-order valence-electron chi connectivity index (χ4n) is 3.66. The lowest BCUT2D eigenvalue weighted by Crippen LogP contribution is -2.36. The van der Waals surface area contributed by atoms with Gasteiger partial charge in [0.25, 0.3) is 0 Å². The summed E-state index contributed by atoms with van der Waals surface area (Å²) in [5, 5.41) is 5.11. The van der Waals surface area contributed by atoms with Gasteiger partial charge < -0.3 is 10.1 Å². The molecule has 0 unspecified atom stereocenters. The van der Waals surface area contributed by atoms with Crippen LogP contribution in [0.5, 0.6) is 0 Å². The molecule has 0 spiro atoms. The Morgan fingerprint density at radius 3 is 2.67 bits per heavy atom. The van der Waals surface area contributed by atoms with Gasteiger partial charge in [0.1, 0.15) is 0 Å². The predicted molar refractivity (Wildman–Crippen MR) is 122 cm³/mol. The lowest BCUT2D eigenvalue weighted by Gasteiger charge is -2.27. The summed E-state index contributed by atoms with van der Waals surface area (Å²) in [6.07, 6.45) is 0. The average Bonchev–Trinajstić information content (AvgIpc) is 2.78. The highest BCUT2D eigenvalue weighted by Gasteiger charge is 2.13. The number of aromatic nitrogens is 1. The molecule has 1 N–H and O–H groups in total. The Bertz CT molecular complexity index is 1020. The van der Waals surface area contributed by atoms with Crippen LogP contribution in [0.1, 0.15) is 16.7 Å². The molecular weight excluding hydrogens is 394 g/mol. The Balaban J connectivity index is 1.32. The molecule has 1 saturated heterocycles. The normalized spacial score (nSPS) is 14.7. The fraction of sp³-hybridized carbons (Fsp3) is 0.333. The SMILES string of the molecule is Cc1cc(SCC(=O)NCc2ccccc2CN2CCOCC2)nc2ccccc12. The van der Waals surface area contributed by atoms with Gasteiger partial charge >= 0.3 is 0 Å². The lowest BCUT2D eigenvalue weighted by atomic mass is 10.1. The van der Waals surface area contributed by atoms with Crippen LogP contribution in [0.3, 0.4) is 0 Å². The summed E-state index contributed by atoms with van der Waals surface area (Å²) in [5.74, 6) is 0.380. The third kappa shape index (κ3) is 5.39. The second-order valence-corrected chi connectivity index (χ2v) is 8.51.